The molecule has 0 atom stereocenters. The number of aryl methyl sites for hydroxylation is 2. The van der Waals surface area contributed by atoms with Crippen LogP contribution in [-0.2, 0) is 11.8 Å². The number of nitrogens with zero attached hydrogens (tertiary/aromatic N) is 4. The van der Waals surface area contributed by atoms with Gasteiger partial charge in [-0.3, -0.25) is 19.5 Å². The molecule has 0 spiro atoms. The highest BCUT2D eigenvalue weighted by Gasteiger charge is 2.24. The summed E-state index contributed by atoms with van der Waals surface area (Å²) in [5.74, 6) is 0.417. The summed E-state index contributed by atoms with van der Waals surface area (Å²) in [5, 5.41) is 15.5. The molecule has 1 fully saturated rings. The summed E-state index contributed by atoms with van der Waals surface area (Å²) in [7, 11) is 1.85. The number of hydrogen-bond acceptors (Lipinski definition) is 4. The Balaban J connectivity index is 1.31. The number of anilines is 1. The van der Waals surface area contributed by atoms with Crippen LogP contribution >= 0.6 is 11.6 Å². The molecule has 152 valence electrons. The summed E-state index contributed by atoms with van der Waals surface area (Å²) in [4.78, 5) is 14.6. The van der Waals surface area contributed by atoms with Gasteiger partial charge in [-0.05, 0) is 45.0 Å². The highest BCUT2D eigenvalue weighted by Crippen LogP contribution is 2.31. The van der Waals surface area contributed by atoms with Crippen molar-refractivity contribution in [3.63, 3.8) is 0 Å². The van der Waals surface area contributed by atoms with Crippen LogP contribution in [0.2, 0.25) is 5.02 Å². The molecule has 0 aliphatic carbocycles. The molecule has 7 nitrogen and oxygen atoms in total. The van der Waals surface area contributed by atoms with E-state index in [0.29, 0.717) is 17.5 Å². The molecule has 1 aliphatic rings. The van der Waals surface area contributed by atoms with E-state index in [-0.39, 0.29) is 5.91 Å². The third-order valence-electron chi connectivity index (χ3n) is 5.43. The Hall–Kier alpha value is -2.64. The molecule has 1 amide bonds. The van der Waals surface area contributed by atoms with Crippen LogP contribution in [0.5, 0.6) is 0 Å². The fourth-order valence-electron chi connectivity index (χ4n) is 3.87. The van der Waals surface area contributed by atoms with Crippen LogP contribution in [0.1, 0.15) is 30.1 Å². The minimum Gasteiger partial charge on any atom is -0.322 e. The van der Waals surface area contributed by atoms with Crippen molar-refractivity contribution < 1.29 is 4.79 Å². The lowest BCUT2D eigenvalue weighted by molar-refractivity contribution is -0.117. The van der Waals surface area contributed by atoms with Crippen molar-refractivity contribution in [3.05, 3.63) is 52.9 Å². The molecule has 0 radical (unpaired) electrons. The topological polar surface area (TPSA) is 78.8 Å². The second kappa shape index (κ2) is 8.39. The molecule has 0 saturated carbocycles. The van der Waals surface area contributed by atoms with Crippen LogP contribution < -0.4 is 5.32 Å². The first-order chi connectivity index (χ1) is 14.0. The minimum atomic E-state index is 0.00194. The first kappa shape index (κ1) is 19.7. The number of piperidine rings is 1. The van der Waals surface area contributed by atoms with Gasteiger partial charge in [0.25, 0.3) is 0 Å². The van der Waals surface area contributed by atoms with E-state index in [1.54, 1.807) is 4.68 Å². The molecule has 29 heavy (non-hydrogen) atoms. The maximum absolute atomic E-state index is 12.4. The van der Waals surface area contributed by atoms with E-state index >= 15 is 0 Å². The smallest absolute Gasteiger partial charge is 0.238 e. The Morgan fingerprint density at radius 3 is 2.76 bits per heavy atom. The first-order valence-corrected chi connectivity index (χ1v) is 10.2. The summed E-state index contributed by atoms with van der Waals surface area (Å²) in [6.07, 6.45) is 3.81. The number of halogens is 1. The van der Waals surface area contributed by atoms with E-state index < -0.39 is 0 Å². The van der Waals surface area contributed by atoms with Gasteiger partial charge >= 0.3 is 0 Å². The number of hydrogen-bond donors (Lipinski definition) is 2. The van der Waals surface area contributed by atoms with Crippen LogP contribution in [0.15, 0.2) is 36.5 Å². The maximum Gasteiger partial charge on any atom is 0.238 e. The molecule has 1 aromatic carbocycles. The van der Waals surface area contributed by atoms with Gasteiger partial charge in [-0.1, -0.05) is 29.8 Å². The van der Waals surface area contributed by atoms with Crippen LogP contribution in [0.4, 0.5) is 5.69 Å². The van der Waals surface area contributed by atoms with Crippen LogP contribution in [0, 0.1) is 6.92 Å². The van der Waals surface area contributed by atoms with Crippen molar-refractivity contribution in [3.8, 4) is 11.3 Å². The van der Waals surface area contributed by atoms with Crippen molar-refractivity contribution in [1.29, 1.82) is 0 Å². The highest BCUT2D eigenvalue weighted by atomic mass is 35.5. The number of H-pyrrole nitrogens is 1. The highest BCUT2D eigenvalue weighted by molar-refractivity contribution is 6.33. The number of carbonyl (C=O) groups excluding carboxylic acids is 1. The largest absolute Gasteiger partial charge is 0.322 e. The van der Waals surface area contributed by atoms with Gasteiger partial charge in [0.05, 0.1) is 28.6 Å². The van der Waals surface area contributed by atoms with Crippen molar-refractivity contribution in [1.82, 2.24) is 24.9 Å². The predicted molar refractivity (Wildman–Crippen MR) is 114 cm³/mol. The van der Waals surface area contributed by atoms with Gasteiger partial charge in [0.1, 0.15) is 0 Å². The molecule has 3 heterocycles. The van der Waals surface area contributed by atoms with E-state index in [4.69, 9.17) is 11.6 Å². The third kappa shape index (κ3) is 4.52. The monoisotopic (exact) mass is 412 g/mol. The Morgan fingerprint density at radius 1 is 1.31 bits per heavy atom. The van der Waals surface area contributed by atoms with Gasteiger partial charge < -0.3 is 5.32 Å². The maximum atomic E-state index is 12.4. The Morgan fingerprint density at radius 2 is 2.07 bits per heavy atom. The lowest BCUT2D eigenvalue weighted by Gasteiger charge is -2.30. The molecule has 1 aliphatic heterocycles. The van der Waals surface area contributed by atoms with Gasteiger partial charge in [0.2, 0.25) is 5.91 Å². The zero-order valence-electron chi connectivity index (χ0n) is 16.7. The van der Waals surface area contributed by atoms with Crippen molar-refractivity contribution in [2.45, 2.75) is 25.7 Å². The fraction of sp³-hybridized carbons (Fsp3) is 0.381. The average Bonchev–Trinajstić information content (AvgIpc) is 3.29. The number of benzene rings is 1. The van der Waals surface area contributed by atoms with Gasteiger partial charge in [0.15, 0.2) is 0 Å². The standard InChI is InChI=1S/C21H25ClN6O/c1-14-20(12-27(2)26-14)23-21(29)13-28-9-7-15(8-10-28)18-11-19(25-24-18)16-5-3-4-6-17(16)22/h3-6,11-12,15H,7-10,13H2,1-2H3,(H,23,29)(H,24,25). The normalized spacial score (nSPS) is 15.6. The van der Waals surface area contributed by atoms with E-state index in [2.05, 4.69) is 31.6 Å². The summed E-state index contributed by atoms with van der Waals surface area (Å²) in [5.41, 5.74) is 4.55. The second-order valence-corrected chi connectivity index (χ2v) is 8.00. The lowest BCUT2D eigenvalue weighted by atomic mass is 9.93. The number of nitrogens with one attached hydrogen (secondary N) is 2. The molecule has 2 N–H and O–H groups in total. The van der Waals surface area contributed by atoms with Crippen LogP contribution in [0.25, 0.3) is 11.3 Å². The number of aromatic amines is 1. The van der Waals surface area contributed by atoms with E-state index in [0.717, 1.165) is 54.3 Å². The van der Waals surface area contributed by atoms with Gasteiger partial charge in [0, 0.05) is 30.4 Å². The first-order valence-electron chi connectivity index (χ1n) is 9.82. The van der Waals surface area contributed by atoms with Crippen LogP contribution in [-0.4, -0.2) is 50.4 Å². The predicted octanol–water partition coefficient (Wildman–Crippen LogP) is 3.59. The van der Waals surface area contributed by atoms with Crippen LogP contribution in [0.3, 0.4) is 0 Å². The Bertz CT molecular complexity index is 1000. The number of likely N-dealkylation sites (tertiary alicyclic amines) is 1. The Kier molecular flexibility index (Phi) is 5.69. The second-order valence-electron chi connectivity index (χ2n) is 7.59. The summed E-state index contributed by atoms with van der Waals surface area (Å²) in [6.45, 7) is 4.05. The van der Waals surface area contributed by atoms with Gasteiger partial charge in [-0.25, -0.2) is 0 Å². The number of amides is 1. The molecule has 0 bridgehead atoms. The van der Waals surface area contributed by atoms with Crippen molar-refractivity contribution >= 4 is 23.2 Å². The molecular formula is C21H25ClN6O. The Labute approximate surface area is 175 Å². The van der Waals surface area contributed by atoms with Crippen molar-refractivity contribution in [2.75, 3.05) is 25.0 Å². The molecule has 2 aromatic heterocycles. The summed E-state index contributed by atoms with van der Waals surface area (Å²) >= 11 is 6.29. The average molecular weight is 413 g/mol. The fourth-order valence-corrected chi connectivity index (χ4v) is 4.10. The summed E-state index contributed by atoms with van der Waals surface area (Å²) < 4.78 is 1.71. The molecule has 8 heteroatoms. The molecule has 0 unspecified atom stereocenters. The SMILES string of the molecule is Cc1nn(C)cc1NC(=O)CN1CCC(c2cc(-c3ccccc3Cl)n[nH]2)CC1. The van der Waals surface area contributed by atoms with E-state index in [1.807, 2.05) is 44.4 Å². The van der Waals surface area contributed by atoms with E-state index in [1.165, 1.54) is 0 Å². The number of rotatable bonds is 5. The number of aromatic nitrogens is 4. The molecule has 3 aromatic rings. The van der Waals surface area contributed by atoms with E-state index in [9.17, 15) is 4.79 Å². The molecular weight excluding hydrogens is 388 g/mol. The number of carbonyl (C=O) groups is 1. The zero-order chi connectivity index (χ0) is 20.4. The molecule has 4 rings (SSSR count). The van der Waals surface area contributed by atoms with Gasteiger partial charge in [-0.2, -0.15) is 10.2 Å². The summed E-state index contributed by atoms with van der Waals surface area (Å²) in [6, 6.07) is 9.83. The minimum absolute atomic E-state index is 0.00194. The quantitative estimate of drug-likeness (QED) is 0.671. The lowest BCUT2D eigenvalue weighted by Crippen LogP contribution is -2.38. The third-order valence-corrected chi connectivity index (χ3v) is 5.76. The van der Waals surface area contributed by atoms with Crippen molar-refractivity contribution in [2.24, 2.45) is 7.05 Å². The zero-order valence-corrected chi connectivity index (χ0v) is 17.4. The molecule has 1 saturated heterocycles. The van der Waals surface area contributed by atoms with Gasteiger partial charge in [-0.15, -0.1) is 0 Å².